The first-order valence-electron chi connectivity index (χ1n) is 7.22. The fraction of sp³-hybridized carbons (Fsp3) is 0.867. The van der Waals surface area contributed by atoms with E-state index in [1.807, 2.05) is 27.7 Å². The highest BCUT2D eigenvalue weighted by Gasteiger charge is 2.41. The van der Waals surface area contributed by atoms with E-state index in [2.05, 4.69) is 10.9 Å². The van der Waals surface area contributed by atoms with E-state index in [-0.39, 0.29) is 17.4 Å². The third kappa shape index (κ3) is 5.63. The van der Waals surface area contributed by atoms with Crippen molar-refractivity contribution < 1.29 is 14.7 Å². The molecule has 5 N–H and O–H groups in total. The van der Waals surface area contributed by atoms with Gasteiger partial charge >= 0.3 is 5.97 Å². The van der Waals surface area contributed by atoms with Crippen LogP contribution in [0.3, 0.4) is 0 Å². The van der Waals surface area contributed by atoms with Crippen LogP contribution in [0.1, 0.15) is 54.4 Å². The SMILES string of the molecule is CNNC(CC(C)(C)C(=O)O)C(C)(C)CC(C)(C)C(N)=O. The molecule has 1 unspecified atom stereocenters. The summed E-state index contributed by atoms with van der Waals surface area (Å²) in [6.45, 7) is 11.1. The topological polar surface area (TPSA) is 104 Å². The summed E-state index contributed by atoms with van der Waals surface area (Å²) in [5.74, 6) is -1.19. The summed E-state index contributed by atoms with van der Waals surface area (Å²) in [6.07, 6.45) is 0.995. The molecule has 1 atom stereocenters. The monoisotopic (exact) mass is 301 g/mol. The maximum absolute atomic E-state index is 11.6. The standard InChI is InChI=1S/C15H31N3O3/c1-13(2,12(20)21)8-10(18-17-7)14(3,4)9-15(5,6)11(16)19/h10,17-18H,8-9H2,1-7H3,(H2,16,19)(H,20,21). The molecule has 0 aliphatic rings. The van der Waals surface area contributed by atoms with Crippen LogP contribution >= 0.6 is 0 Å². The first-order chi connectivity index (χ1) is 9.26. The Hall–Kier alpha value is -1.14. The van der Waals surface area contributed by atoms with Gasteiger partial charge in [0.15, 0.2) is 0 Å². The van der Waals surface area contributed by atoms with Crippen LogP contribution < -0.4 is 16.6 Å². The number of nitrogens with one attached hydrogen (secondary N) is 2. The van der Waals surface area contributed by atoms with E-state index in [4.69, 9.17) is 5.73 Å². The van der Waals surface area contributed by atoms with Crippen LogP contribution in [-0.2, 0) is 9.59 Å². The minimum absolute atomic E-state index is 0.118. The van der Waals surface area contributed by atoms with Crippen molar-refractivity contribution in [3.63, 3.8) is 0 Å². The molecule has 0 fully saturated rings. The third-order valence-electron chi connectivity index (χ3n) is 4.12. The number of primary amides is 1. The fourth-order valence-corrected chi connectivity index (χ4v) is 2.64. The molecule has 0 radical (unpaired) electrons. The minimum atomic E-state index is -0.858. The summed E-state index contributed by atoms with van der Waals surface area (Å²) in [7, 11) is 1.75. The number of hydrogen-bond acceptors (Lipinski definition) is 4. The number of carbonyl (C=O) groups excluding carboxylic acids is 1. The van der Waals surface area contributed by atoms with Crippen LogP contribution in [0.25, 0.3) is 0 Å². The van der Waals surface area contributed by atoms with Gasteiger partial charge in [-0.1, -0.05) is 27.7 Å². The number of amides is 1. The molecule has 0 saturated heterocycles. The molecule has 124 valence electrons. The van der Waals surface area contributed by atoms with Crippen molar-refractivity contribution in [1.82, 2.24) is 10.9 Å². The molecule has 0 aromatic carbocycles. The number of carboxylic acids is 1. The second-order valence-corrected chi connectivity index (χ2v) is 7.75. The first kappa shape index (κ1) is 19.9. The smallest absolute Gasteiger partial charge is 0.309 e. The van der Waals surface area contributed by atoms with Gasteiger partial charge in [0.25, 0.3) is 0 Å². The quantitative estimate of drug-likeness (QED) is 0.483. The van der Waals surface area contributed by atoms with Crippen molar-refractivity contribution in [3.8, 4) is 0 Å². The van der Waals surface area contributed by atoms with Crippen LogP contribution in [-0.4, -0.2) is 30.1 Å². The number of carboxylic acid groups (broad SMARTS) is 1. The maximum Gasteiger partial charge on any atom is 0.309 e. The van der Waals surface area contributed by atoms with E-state index < -0.39 is 16.8 Å². The van der Waals surface area contributed by atoms with Crippen LogP contribution in [0, 0.1) is 16.2 Å². The molecule has 0 bridgehead atoms. The van der Waals surface area contributed by atoms with E-state index >= 15 is 0 Å². The van der Waals surface area contributed by atoms with Gasteiger partial charge in [-0.2, -0.15) is 0 Å². The van der Waals surface area contributed by atoms with E-state index in [0.29, 0.717) is 12.8 Å². The number of carbonyl (C=O) groups is 2. The first-order valence-corrected chi connectivity index (χ1v) is 7.22. The lowest BCUT2D eigenvalue weighted by atomic mass is 9.67. The van der Waals surface area contributed by atoms with Gasteiger partial charge in [-0.15, -0.1) is 0 Å². The molecule has 0 saturated carbocycles. The largest absolute Gasteiger partial charge is 0.481 e. The summed E-state index contributed by atoms with van der Waals surface area (Å²) in [5.41, 5.74) is 9.66. The van der Waals surface area contributed by atoms with Gasteiger partial charge in [-0.05, 0) is 39.2 Å². The summed E-state index contributed by atoms with van der Waals surface area (Å²) in [5, 5.41) is 9.32. The number of hydrazine groups is 1. The molecule has 1 amide bonds. The molecule has 0 aromatic rings. The van der Waals surface area contributed by atoms with Crippen molar-refractivity contribution in [3.05, 3.63) is 0 Å². The predicted octanol–water partition coefficient (Wildman–Crippen LogP) is 1.51. The normalized spacial score (nSPS) is 14.8. The third-order valence-corrected chi connectivity index (χ3v) is 4.12. The number of hydrogen-bond donors (Lipinski definition) is 4. The molecule has 0 aliphatic carbocycles. The molecular weight excluding hydrogens is 270 g/mol. The van der Waals surface area contributed by atoms with Gasteiger partial charge in [0.1, 0.15) is 0 Å². The molecule has 6 nitrogen and oxygen atoms in total. The van der Waals surface area contributed by atoms with Gasteiger partial charge in [0.2, 0.25) is 5.91 Å². The van der Waals surface area contributed by atoms with Gasteiger partial charge < -0.3 is 10.8 Å². The average Bonchev–Trinajstić information content (AvgIpc) is 2.26. The highest BCUT2D eigenvalue weighted by molar-refractivity contribution is 5.80. The highest BCUT2D eigenvalue weighted by Crippen LogP contribution is 2.39. The summed E-state index contributed by atoms with van der Waals surface area (Å²) < 4.78 is 0. The van der Waals surface area contributed by atoms with Crippen LogP contribution in [0.15, 0.2) is 0 Å². The Morgan fingerprint density at radius 1 is 1.10 bits per heavy atom. The number of nitrogens with two attached hydrogens (primary N) is 1. The maximum atomic E-state index is 11.6. The molecule has 0 spiro atoms. The Labute approximate surface area is 127 Å². The van der Waals surface area contributed by atoms with E-state index in [0.717, 1.165) is 0 Å². The second kappa shape index (κ2) is 6.75. The highest BCUT2D eigenvalue weighted by atomic mass is 16.4. The fourth-order valence-electron chi connectivity index (χ4n) is 2.64. The summed E-state index contributed by atoms with van der Waals surface area (Å²) in [6, 6.07) is -0.118. The van der Waals surface area contributed by atoms with Gasteiger partial charge in [0.05, 0.1) is 5.41 Å². The lowest BCUT2D eigenvalue weighted by Crippen LogP contribution is -2.52. The van der Waals surface area contributed by atoms with Crippen molar-refractivity contribution in [2.45, 2.75) is 60.4 Å². The van der Waals surface area contributed by atoms with Crippen molar-refractivity contribution in [2.75, 3.05) is 7.05 Å². The van der Waals surface area contributed by atoms with Gasteiger partial charge in [0, 0.05) is 11.5 Å². The van der Waals surface area contributed by atoms with Crippen molar-refractivity contribution in [1.29, 1.82) is 0 Å². The van der Waals surface area contributed by atoms with Gasteiger partial charge in [-0.25, -0.2) is 0 Å². The van der Waals surface area contributed by atoms with E-state index in [9.17, 15) is 14.7 Å². The second-order valence-electron chi connectivity index (χ2n) is 7.75. The zero-order valence-corrected chi connectivity index (χ0v) is 14.3. The van der Waals surface area contributed by atoms with E-state index in [1.165, 1.54) is 0 Å². The Kier molecular flexibility index (Phi) is 6.38. The molecule has 21 heavy (non-hydrogen) atoms. The van der Waals surface area contributed by atoms with Crippen LogP contribution in [0.2, 0.25) is 0 Å². The minimum Gasteiger partial charge on any atom is -0.481 e. The molecular formula is C15H31N3O3. The Morgan fingerprint density at radius 3 is 1.90 bits per heavy atom. The van der Waals surface area contributed by atoms with Crippen LogP contribution in [0.5, 0.6) is 0 Å². The Morgan fingerprint density at radius 2 is 1.57 bits per heavy atom. The molecule has 6 heteroatoms. The Balaban J connectivity index is 5.26. The molecule has 0 rings (SSSR count). The zero-order valence-electron chi connectivity index (χ0n) is 14.3. The molecule has 0 aromatic heterocycles. The summed E-state index contributed by atoms with van der Waals surface area (Å²) >= 11 is 0. The summed E-state index contributed by atoms with van der Waals surface area (Å²) in [4.78, 5) is 22.9. The zero-order chi connectivity index (χ0) is 17.1. The van der Waals surface area contributed by atoms with Crippen molar-refractivity contribution in [2.24, 2.45) is 22.0 Å². The average molecular weight is 301 g/mol. The van der Waals surface area contributed by atoms with Crippen LogP contribution in [0.4, 0.5) is 0 Å². The van der Waals surface area contributed by atoms with Crippen molar-refractivity contribution >= 4 is 11.9 Å². The Bertz CT molecular complexity index is 390. The molecule has 0 aliphatic heterocycles. The lowest BCUT2D eigenvalue weighted by Gasteiger charge is -2.41. The van der Waals surface area contributed by atoms with E-state index in [1.54, 1.807) is 20.9 Å². The molecule has 0 heterocycles. The lowest BCUT2D eigenvalue weighted by molar-refractivity contribution is -0.148. The number of rotatable bonds is 9. The predicted molar refractivity (Wildman–Crippen MR) is 83.4 cm³/mol. The van der Waals surface area contributed by atoms with Gasteiger partial charge in [-0.3, -0.25) is 20.4 Å². The number of aliphatic carboxylic acids is 1.